The van der Waals surface area contributed by atoms with E-state index in [0.29, 0.717) is 12.4 Å². The maximum absolute atomic E-state index is 11.8. The van der Waals surface area contributed by atoms with E-state index in [2.05, 4.69) is 10.3 Å². The lowest BCUT2D eigenvalue weighted by Gasteiger charge is -2.25. The van der Waals surface area contributed by atoms with Gasteiger partial charge in [0.15, 0.2) is 9.84 Å². The van der Waals surface area contributed by atoms with Crippen LogP contribution in [0.4, 0.5) is 5.95 Å². The van der Waals surface area contributed by atoms with Crippen molar-refractivity contribution in [1.82, 2.24) is 9.55 Å². The third kappa shape index (κ3) is 3.73. The van der Waals surface area contributed by atoms with E-state index in [1.54, 1.807) is 7.11 Å². The number of nitrogens with zero attached hydrogens (tertiary/aromatic N) is 2. The molecule has 20 heavy (non-hydrogen) atoms. The van der Waals surface area contributed by atoms with Gasteiger partial charge in [-0.15, -0.1) is 0 Å². The summed E-state index contributed by atoms with van der Waals surface area (Å²) in [4.78, 5) is 4.46. The summed E-state index contributed by atoms with van der Waals surface area (Å²) in [6.45, 7) is 4.50. The Bertz CT molecular complexity index is 553. The summed E-state index contributed by atoms with van der Waals surface area (Å²) in [6, 6.07) is 0.105. The molecule has 0 radical (unpaired) electrons. The van der Waals surface area contributed by atoms with Gasteiger partial charge in [-0.1, -0.05) is 0 Å². The quantitative estimate of drug-likeness (QED) is 0.889. The van der Waals surface area contributed by atoms with Gasteiger partial charge in [0.05, 0.1) is 29.8 Å². The van der Waals surface area contributed by atoms with Gasteiger partial charge < -0.3 is 14.6 Å². The number of aryl methyl sites for hydroxylation is 1. The van der Waals surface area contributed by atoms with Crippen molar-refractivity contribution in [1.29, 1.82) is 0 Å². The third-order valence-electron chi connectivity index (χ3n) is 3.48. The molecule has 2 unspecified atom stereocenters. The minimum absolute atomic E-state index is 0.0211. The van der Waals surface area contributed by atoms with Gasteiger partial charge in [-0.05, 0) is 26.7 Å². The summed E-state index contributed by atoms with van der Waals surface area (Å²) in [5, 5.41) is 3.29. The molecule has 2 atom stereocenters. The summed E-state index contributed by atoms with van der Waals surface area (Å²) < 4.78 is 30.7. The summed E-state index contributed by atoms with van der Waals surface area (Å²) in [5.41, 5.74) is 0.889. The molecule has 0 saturated carbocycles. The molecule has 1 saturated heterocycles. The highest BCUT2D eigenvalue weighted by molar-refractivity contribution is 7.91. The smallest absolute Gasteiger partial charge is 0.203 e. The topological polar surface area (TPSA) is 73.2 Å². The third-order valence-corrected chi connectivity index (χ3v) is 5.28. The van der Waals surface area contributed by atoms with E-state index in [4.69, 9.17) is 4.74 Å². The number of nitrogens with one attached hydrogen (secondary N) is 1. The number of hydrogen-bond acceptors (Lipinski definition) is 5. The van der Waals surface area contributed by atoms with E-state index < -0.39 is 9.84 Å². The van der Waals surface area contributed by atoms with Crippen LogP contribution in [0.3, 0.4) is 0 Å². The van der Waals surface area contributed by atoms with E-state index in [0.717, 1.165) is 24.5 Å². The van der Waals surface area contributed by atoms with Crippen LogP contribution in [0.1, 0.15) is 31.5 Å². The lowest BCUT2D eigenvalue weighted by molar-refractivity contribution is 0.190. The Kier molecular flexibility index (Phi) is 4.70. The van der Waals surface area contributed by atoms with Crippen molar-refractivity contribution in [2.45, 2.75) is 38.8 Å². The molecule has 0 spiro atoms. The largest absolute Gasteiger partial charge is 0.383 e. The second-order valence-corrected chi connectivity index (χ2v) is 7.75. The summed E-state index contributed by atoms with van der Waals surface area (Å²) in [6.07, 6.45) is 3.52. The Morgan fingerprint density at radius 2 is 2.35 bits per heavy atom. The van der Waals surface area contributed by atoms with Gasteiger partial charge >= 0.3 is 0 Å². The molecular weight excluding hydrogens is 278 g/mol. The van der Waals surface area contributed by atoms with Crippen LogP contribution in [-0.2, 0) is 14.6 Å². The van der Waals surface area contributed by atoms with Crippen molar-refractivity contribution in [3.05, 3.63) is 11.9 Å². The van der Waals surface area contributed by atoms with Gasteiger partial charge in [0, 0.05) is 19.3 Å². The normalized spacial score (nSPS) is 23.4. The molecule has 1 fully saturated rings. The molecule has 114 valence electrons. The van der Waals surface area contributed by atoms with Gasteiger partial charge in [0.1, 0.15) is 0 Å². The van der Waals surface area contributed by atoms with Crippen molar-refractivity contribution >= 4 is 15.8 Å². The van der Waals surface area contributed by atoms with Crippen LogP contribution >= 0.6 is 0 Å². The van der Waals surface area contributed by atoms with Crippen LogP contribution in [0.2, 0.25) is 0 Å². The fraction of sp³-hybridized carbons (Fsp3) is 0.769. The number of imidazole rings is 1. The Morgan fingerprint density at radius 1 is 1.60 bits per heavy atom. The first-order chi connectivity index (χ1) is 9.41. The SMILES string of the molecule is COCC(C)Nc1nc(C)cn1C1CCCS(=O)(=O)C1. The average molecular weight is 301 g/mol. The predicted molar refractivity (Wildman–Crippen MR) is 78.8 cm³/mol. The number of anilines is 1. The molecule has 1 aliphatic heterocycles. The first-order valence-corrected chi connectivity index (χ1v) is 8.75. The minimum Gasteiger partial charge on any atom is -0.383 e. The molecule has 1 aliphatic rings. The first-order valence-electron chi connectivity index (χ1n) is 6.92. The van der Waals surface area contributed by atoms with Crippen molar-refractivity contribution in [2.24, 2.45) is 0 Å². The highest BCUT2D eigenvalue weighted by Crippen LogP contribution is 2.27. The summed E-state index contributed by atoms with van der Waals surface area (Å²) in [5.74, 6) is 1.24. The minimum atomic E-state index is -2.93. The maximum atomic E-state index is 11.8. The molecule has 0 aromatic carbocycles. The van der Waals surface area contributed by atoms with E-state index >= 15 is 0 Å². The Morgan fingerprint density at radius 3 is 3.00 bits per heavy atom. The highest BCUT2D eigenvalue weighted by Gasteiger charge is 2.27. The molecule has 1 aromatic rings. The average Bonchev–Trinajstić information content (AvgIpc) is 2.69. The lowest BCUT2D eigenvalue weighted by atomic mass is 10.2. The van der Waals surface area contributed by atoms with E-state index in [9.17, 15) is 8.42 Å². The lowest BCUT2D eigenvalue weighted by Crippen LogP contribution is -2.29. The number of sulfone groups is 1. The van der Waals surface area contributed by atoms with Crippen molar-refractivity contribution < 1.29 is 13.2 Å². The van der Waals surface area contributed by atoms with Gasteiger partial charge in [-0.3, -0.25) is 0 Å². The van der Waals surface area contributed by atoms with Crippen LogP contribution in [-0.4, -0.2) is 49.2 Å². The highest BCUT2D eigenvalue weighted by atomic mass is 32.2. The van der Waals surface area contributed by atoms with Crippen LogP contribution in [0.15, 0.2) is 6.20 Å². The molecule has 2 heterocycles. The number of aromatic nitrogens is 2. The zero-order valence-electron chi connectivity index (χ0n) is 12.3. The molecule has 1 N–H and O–H groups in total. The van der Waals surface area contributed by atoms with Crippen LogP contribution < -0.4 is 5.32 Å². The molecular formula is C13H23N3O3S. The second-order valence-electron chi connectivity index (χ2n) is 5.52. The molecule has 7 heteroatoms. The zero-order chi connectivity index (χ0) is 14.8. The second kappa shape index (κ2) is 6.13. The van der Waals surface area contributed by atoms with Crippen molar-refractivity contribution in [2.75, 3.05) is 30.5 Å². The number of hydrogen-bond donors (Lipinski definition) is 1. The van der Waals surface area contributed by atoms with E-state index in [1.165, 1.54) is 0 Å². The fourth-order valence-corrected chi connectivity index (χ4v) is 4.32. The Hall–Kier alpha value is -1.08. The first kappa shape index (κ1) is 15.3. The van der Waals surface area contributed by atoms with Gasteiger partial charge in [0.25, 0.3) is 0 Å². The standard InChI is InChI=1S/C13H23N3O3S/c1-10-7-16(12-5-4-6-20(17,18)9-12)13(14-10)15-11(2)8-19-3/h7,11-12H,4-6,8-9H2,1-3H3,(H,14,15). The number of ether oxygens (including phenoxy) is 1. The zero-order valence-corrected chi connectivity index (χ0v) is 13.1. The van der Waals surface area contributed by atoms with Crippen LogP contribution in [0, 0.1) is 6.92 Å². The fourth-order valence-electron chi connectivity index (χ4n) is 2.63. The van der Waals surface area contributed by atoms with Crippen LogP contribution in [0.5, 0.6) is 0 Å². The van der Waals surface area contributed by atoms with Crippen LogP contribution in [0.25, 0.3) is 0 Å². The summed E-state index contributed by atoms with van der Waals surface area (Å²) >= 11 is 0. The van der Waals surface area contributed by atoms with Gasteiger partial charge in [0.2, 0.25) is 5.95 Å². The van der Waals surface area contributed by atoms with Gasteiger partial charge in [-0.25, -0.2) is 13.4 Å². The van der Waals surface area contributed by atoms with E-state index in [1.807, 2.05) is 24.6 Å². The predicted octanol–water partition coefficient (Wildman–Crippen LogP) is 1.39. The molecule has 0 amide bonds. The molecule has 0 aliphatic carbocycles. The molecule has 1 aromatic heterocycles. The summed E-state index contributed by atoms with van der Waals surface area (Å²) in [7, 11) is -1.27. The maximum Gasteiger partial charge on any atom is 0.203 e. The Balaban J connectivity index is 2.18. The number of rotatable bonds is 5. The van der Waals surface area contributed by atoms with Crippen molar-refractivity contribution in [3.63, 3.8) is 0 Å². The monoisotopic (exact) mass is 301 g/mol. The molecule has 6 nitrogen and oxygen atoms in total. The Labute approximate surface area is 120 Å². The van der Waals surface area contributed by atoms with Gasteiger partial charge in [-0.2, -0.15) is 0 Å². The molecule has 2 rings (SSSR count). The van der Waals surface area contributed by atoms with E-state index in [-0.39, 0.29) is 17.8 Å². The van der Waals surface area contributed by atoms with Crippen molar-refractivity contribution in [3.8, 4) is 0 Å². The molecule has 0 bridgehead atoms. The number of methoxy groups -OCH3 is 1.